The van der Waals surface area contributed by atoms with Gasteiger partial charge in [-0.1, -0.05) is 31.8 Å². The summed E-state index contributed by atoms with van der Waals surface area (Å²) in [5.74, 6) is 0.556. The van der Waals surface area contributed by atoms with Gasteiger partial charge in [0.2, 0.25) is 0 Å². The third-order valence-corrected chi connectivity index (χ3v) is 5.96. The first kappa shape index (κ1) is 18.7. The van der Waals surface area contributed by atoms with Crippen LogP contribution in [0.1, 0.15) is 18.4 Å². The third kappa shape index (κ3) is 5.49. The number of rotatable bonds is 8. The van der Waals surface area contributed by atoms with Crippen molar-refractivity contribution in [3.63, 3.8) is 0 Å². The fraction of sp³-hybridized carbons (Fsp3) is 0.526. The molecule has 0 aliphatic heterocycles. The van der Waals surface area contributed by atoms with Crippen molar-refractivity contribution in [2.75, 3.05) is 20.6 Å². The Morgan fingerprint density at radius 2 is 2.00 bits per heavy atom. The first-order valence-electron chi connectivity index (χ1n) is 8.71. The minimum atomic E-state index is -1.10. The lowest BCUT2D eigenvalue weighted by atomic mass is 10.1. The van der Waals surface area contributed by atoms with Gasteiger partial charge >= 0.3 is 5.97 Å². The summed E-state index contributed by atoms with van der Waals surface area (Å²) in [6.07, 6.45) is 4.37. The lowest BCUT2D eigenvalue weighted by Crippen LogP contribution is -2.20. The summed E-state index contributed by atoms with van der Waals surface area (Å²) in [7, 11) is 3.03. The molecule has 0 aliphatic carbocycles. The molecule has 0 amide bonds. The summed E-state index contributed by atoms with van der Waals surface area (Å²) in [5, 5.41) is 1.04. The van der Waals surface area contributed by atoms with Gasteiger partial charge in [0.25, 0.3) is 0 Å². The summed E-state index contributed by atoms with van der Waals surface area (Å²) < 4.78 is 5.69. The molecule has 0 radical (unpaired) electrons. The molecule has 0 fully saturated rings. The number of aromatic nitrogens is 1. The minimum absolute atomic E-state index is 0.125. The second-order valence-corrected chi connectivity index (χ2v) is 13.6. The molecule has 5 heteroatoms. The lowest BCUT2D eigenvalue weighted by Gasteiger charge is -2.15. The normalized spacial score (nSPS) is 12.1. The summed E-state index contributed by atoms with van der Waals surface area (Å²) in [6.45, 7) is 7.95. The minimum Gasteiger partial charge on any atom is -0.426 e. The molecule has 2 rings (SSSR count). The molecule has 0 unspecified atom stereocenters. The van der Waals surface area contributed by atoms with Crippen LogP contribution >= 0.6 is 0 Å². The van der Waals surface area contributed by atoms with Gasteiger partial charge in [-0.15, -0.1) is 0 Å². The number of carbonyl (C=O) groups is 1. The average Bonchev–Trinajstić information content (AvgIpc) is 2.88. The Bertz CT molecular complexity index is 686. The molecule has 0 aliphatic rings. The maximum Gasteiger partial charge on any atom is 0.311 e. The molecule has 0 saturated heterocycles. The van der Waals surface area contributed by atoms with Crippen LogP contribution in [-0.2, 0) is 11.2 Å². The topological polar surface area (TPSA) is 45.3 Å². The number of hydrogen-bond acceptors (Lipinski definition) is 3. The molecular formula is C19H30N2O2Si. The number of nitrogens with zero attached hydrogens (tertiary/aromatic N) is 1. The number of benzene rings is 1. The molecule has 4 nitrogen and oxygen atoms in total. The van der Waals surface area contributed by atoms with Crippen LogP contribution in [0.15, 0.2) is 24.4 Å². The number of likely N-dealkylation sites (N-methyl/N-ethyl adjacent to an activating group) is 1. The zero-order chi connectivity index (χ0) is 17.7. The van der Waals surface area contributed by atoms with Crippen LogP contribution in [0.3, 0.4) is 0 Å². The van der Waals surface area contributed by atoms with Crippen LogP contribution in [-0.4, -0.2) is 44.6 Å². The predicted molar refractivity (Wildman–Crippen MR) is 104 cm³/mol. The number of carbonyl (C=O) groups excluding carboxylic acids is 1. The Hall–Kier alpha value is -1.59. The molecule has 0 spiro atoms. The fourth-order valence-electron chi connectivity index (χ4n) is 2.78. The zero-order valence-electron chi connectivity index (χ0n) is 15.6. The van der Waals surface area contributed by atoms with E-state index in [1.165, 1.54) is 5.56 Å². The van der Waals surface area contributed by atoms with E-state index in [0.717, 1.165) is 36.3 Å². The Kier molecular flexibility index (Phi) is 6.24. The van der Waals surface area contributed by atoms with Crippen molar-refractivity contribution in [2.45, 2.75) is 44.9 Å². The number of H-pyrrole nitrogens is 1. The van der Waals surface area contributed by atoms with Crippen molar-refractivity contribution in [3.8, 4) is 5.75 Å². The van der Waals surface area contributed by atoms with Gasteiger partial charge in [-0.3, -0.25) is 4.79 Å². The van der Waals surface area contributed by atoms with Crippen molar-refractivity contribution in [1.82, 2.24) is 9.88 Å². The van der Waals surface area contributed by atoms with E-state index in [1.54, 1.807) is 0 Å². The van der Waals surface area contributed by atoms with Crippen LogP contribution < -0.4 is 4.74 Å². The highest BCUT2D eigenvalue weighted by Crippen LogP contribution is 2.29. The van der Waals surface area contributed by atoms with Crippen molar-refractivity contribution in [3.05, 3.63) is 30.0 Å². The van der Waals surface area contributed by atoms with E-state index in [1.807, 2.05) is 24.4 Å². The molecule has 1 aromatic heterocycles. The van der Waals surface area contributed by atoms with E-state index < -0.39 is 8.07 Å². The Balaban J connectivity index is 2.08. The van der Waals surface area contributed by atoms with Gasteiger partial charge in [-0.25, -0.2) is 0 Å². The van der Waals surface area contributed by atoms with Crippen molar-refractivity contribution in [1.29, 1.82) is 0 Å². The van der Waals surface area contributed by atoms with Crippen LogP contribution in [0.5, 0.6) is 5.75 Å². The highest BCUT2D eigenvalue weighted by Gasteiger charge is 2.16. The molecule has 132 valence electrons. The third-order valence-electron chi connectivity index (χ3n) is 4.11. The average molecular weight is 347 g/mol. The maximum atomic E-state index is 12.2. The first-order valence-corrected chi connectivity index (χ1v) is 12.4. The molecule has 2 aromatic rings. The van der Waals surface area contributed by atoms with Gasteiger partial charge in [0.1, 0.15) is 5.75 Å². The standard InChI is InChI=1S/C19H30N2O2Si/c1-21(2)12-11-15-14-20-16-8-6-9-17(19(15)16)23-18(22)10-7-13-24(3,4)5/h6,8-9,14,20H,7,10-13H2,1-5H3. The van der Waals surface area contributed by atoms with E-state index in [-0.39, 0.29) is 5.97 Å². The molecule has 0 bridgehead atoms. The molecule has 24 heavy (non-hydrogen) atoms. The second kappa shape index (κ2) is 7.99. The Morgan fingerprint density at radius 1 is 1.25 bits per heavy atom. The van der Waals surface area contributed by atoms with Gasteiger partial charge in [0.05, 0.1) is 0 Å². The first-order chi connectivity index (χ1) is 11.3. The second-order valence-electron chi connectivity index (χ2n) is 7.93. The van der Waals surface area contributed by atoms with Gasteiger partial charge in [-0.2, -0.15) is 0 Å². The molecule has 1 N–H and O–H groups in total. The van der Waals surface area contributed by atoms with Crippen LogP contribution in [0.4, 0.5) is 0 Å². The van der Waals surface area contributed by atoms with Gasteiger partial charge in [0, 0.05) is 38.1 Å². The quantitative estimate of drug-likeness (QED) is 0.440. The zero-order valence-corrected chi connectivity index (χ0v) is 16.6. The molecule has 0 saturated carbocycles. The molecule has 0 atom stereocenters. The number of nitrogens with one attached hydrogen (secondary N) is 1. The number of ether oxygens (including phenoxy) is 1. The van der Waals surface area contributed by atoms with Crippen LogP contribution in [0.25, 0.3) is 10.9 Å². The summed E-state index contributed by atoms with van der Waals surface area (Å²) in [5.41, 5.74) is 2.22. The van der Waals surface area contributed by atoms with E-state index >= 15 is 0 Å². The van der Waals surface area contributed by atoms with Crippen LogP contribution in [0.2, 0.25) is 25.7 Å². The van der Waals surface area contributed by atoms with Gasteiger partial charge in [-0.05, 0) is 44.6 Å². The van der Waals surface area contributed by atoms with Gasteiger partial charge in [0.15, 0.2) is 0 Å². The van der Waals surface area contributed by atoms with Crippen molar-refractivity contribution < 1.29 is 9.53 Å². The Morgan fingerprint density at radius 3 is 2.67 bits per heavy atom. The van der Waals surface area contributed by atoms with Crippen LogP contribution in [0, 0.1) is 0 Å². The van der Waals surface area contributed by atoms with Crippen molar-refractivity contribution >= 4 is 24.9 Å². The number of aromatic amines is 1. The molecule has 1 aromatic carbocycles. The smallest absolute Gasteiger partial charge is 0.311 e. The maximum absolute atomic E-state index is 12.2. The SMILES string of the molecule is CN(C)CCc1c[nH]c2cccc(OC(=O)CCC[Si](C)(C)C)c12. The number of hydrogen-bond donors (Lipinski definition) is 1. The monoisotopic (exact) mass is 346 g/mol. The lowest BCUT2D eigenvalue weighted by molar-refractivity contribution is -0.134. The van der Waals surface area contributed by atoms with E-state index in [0.29, 0.717) is 12.2 Å². The Labute approximate surface area is 146 Å². The van der Waals surface area contributed by atoms with E-state index in [4.69, 9.17) is 4.74 Å². The molecular weight excluding hydrogens is 316 g/mol. The highest BCUT2D eigenvalue weighted by molar-refractivity contribution is 6.76. The molecule has 1 heterocycles. The largest absolute Gasteiger partial charge is 0.426 e. The van der Waals surface area contributed by atoms with Crippen molar-refractivity contribution in [2.24, 2.45) is 0 Å². The van der Waals surface area contributed by atoms with Gasteiger partial charge < -0.3 is 14.6 Å². The summed E-state index contributed by atoms with van der Waals surface area (Å²) >= 11 is 0. The predicted octanol–water partition coefficient (Wildman–Crippen LogP) is 4.30. The van der Waals surface area contributed by atoms with E-state index in [9.17, 15) is 4.79 Å². The summed E-state index contributed by atoms with van der Waals surface area (Å²) in [6, 6.07) is 7.01. The summed E-state index contributed by atoms with van der Waals surface area (Å²) in [4.78, 5) is 17.7. The number of fused-ring (bicyclic) bond motifs is 1. The fourth-order valence-corrected chi connectivity index (χ4v) is 4.02. The van der Waals surface area contributed by atoms with E-state index in [2.05, 4.69) is 43.6 Å². The number of esters is 1. The highest BCUT2D eigenvalue weighted by atomic mass is 28.3.